The summed E-state index contributed by atoms with van der Waals surface area (Å²) in [4.78, 5) is 11.2. The van der Waals surface area contributed by atoms with Gasteiger partial charge in [0.25, 0.3) is 0 Å². The normalized spacial score (nSPS) is 20.6. The van der Waals surface area contributed by atoms with Crippen molar-refractivity contribution in [1.82, 2.24) is 15.2 Å². The fourth-order valence-corrected chi connectivity index (χ4v) is 3.64. The van der Waals surface area contributed by atoms with Gasteiger partial charge in [-0.15, -0.1) is 24.0 Å². The predicted molar refractivity (Wildman–Crippen MR) is 116 cm³/mol. The number of aromatic nitrogens is 1. The van der Waals surface area contributed by atoms with Crippen LogP contribution in [0.2, 0.25) is 0 Å². The van der Waals surface area contributed by atoms with E-state index in [-0.39, 0.29) is 24.0 Å². The Hall–Kier alpha value is -1.57. The largest absolute Gasteiger partial charge is 0.444 e. The molecule has 0 spiro atoms. The number of likely N-dealkylation sites (tertiary alicyclic amines) is 1. The van der Waals surface area contributed by atoms with Crippen LogP contribution < -0.4 is 5.32 Å². The Bertz CT molecular complexity index is 709. The molecule has 142 valence electrons. The van der Waals surface area contributed by atoms with E-state index in [0.717, 1.165) is 36.9 Å². The van der Waals surface area contributed by atoms with Gasteiger partial charge in [-0.3, -0.25) is 4.99 Å². The second-order valence-electron chi connectivity index (χ2n) is 6.88. The minimum absolute atomic E-state index is 0. The minimum atomic E-state index is 0. The van der Waals surface area contributed by atoms with Crippen molar-refractivity contribution in [3.8, 4) is 0 Å². The maximum atomic E-state index is 5.65. The lowest BCUT2D eigenvalue weighted by molar-refractivity contribution is 0.234. The van der Waals surface area contributed by atoms with E-state index in [2.05, 4.69) is 57.4 Å². The van der Waals surface area contributed by atoms with Crippen molar-refractivity contribution in [2.24, 2.45) is 10.9 Å². The van der Waals surface area contributed by atoms with Gasteiger partial charge < -0.3 is 14.6 Å². The number of aryl methyl sites for hydroxylation is 2. The highest BCUT2D eigenvalue weighted by Gasteiger charge is 2.28. The maximum Gasteiger partial charge on any atom is 0.214 e. The first-order valence-corrected chi connectivity index (χ1v) is 9.02. The van der Waals surface area contributed by atoms with Gasteiger partial charge >= 0.3 is 0 Å². The highest BCUT2D eigenvalue weighted by molar-refractivity contribution is 14.0. The predicted octanol–water partition coefficient (Wildman–Crippen LogP) is 4.11. The summed E-state index contributed by atoms with van der Waals surface area (Å²) in [5.41, 5.74) is 2.40. The van der Waals surface area contributed by atoms with E-state index in [9.17, 15) is 0 Å². The van der Waals surface area contributed by atoms with Crippen LogP contribution in [0.1, 0.15) is 42.2 Å². The van der Waals surface area contributed by atoms with Crippen molar-refractivity contribution in [1.29, 1.82) is 0 Å². The number of oxazole rings is 1. The Morgan fingerprint density at radius 2 is 2.04 bits per heavy atom. The van der Waals surface area contributed by atoms with Crippen molar-refractivity contribution in [3.05, 3.63) is 53.2 Å². The zero-order chi connectivity index (χ0) is 17.8. The van der Waals surface area contributed by atoms with Crippen molar-refractivity contribution < 1.29 is 4.42 Å². The Kier molecular flexibility index (Phi) is 7.49. The summed E-state index contributed by atoms with van der Waals surface area (Å²) in [6.45, 7) is 8.81. The van der Waals surface area contributed by atoms with Crippen LogP contribution in [0, 0.1) is 19.8 Å². The topological polar surface area (TPSA) is 53.7 Å². The van der Waals surface area contributed by atoms with E-state index in [1.54, 1.807) is 0 Å². The third-order valence-corrected chi connectivity index (χ3v) is 5.11. The van der Waals surface area contributed by atoms with Crippen molar-refractivity contribution in [2.75, 3.05) is 20.1 Å². The molecule has 1 aromatic carbocycles. The van der Waals surface area contributed by atoms with Crippen LogP contribution in [0.5, 0.6) is 0 Å². The molecule has 2 unspecified atom stereocenters. The number of rotatable bonds is 3. The molecule has 1 fully saturated rings. The number of halogens is 1. The second kappa shape index (κ2) is 9.39. The molecule has 3 rings (SSSR count). The van der Waals surface area contributed by atoms with Crippen molar-refractivity contribution >= 4 is 29.9 Å². The first-order chi connectivity index (χ1) is 12.1. The number of nitrogens with one attached hydrogen (secondary N) is 1. The number of benzene rings is 1. The smallest absolute Gasteiger partial charge is 0.214 e. The van der Waals surface area contributed by atoms with Crippen LogP contribution in [0.25, 0.3) is 0 Å². The monoisotopic (exact) mass is 468 g/mol. The standard InChI is InChI=1S/C20H28N4O.HI/c1-14-13-24(11-10-18(14)17-8-6-5-7-9-17)20(21-4)22-12-19-23-15(2)16(3)25-19;/h5-9,14,18H,10-13H2,1-4H3,(H,21,22);1H. The molecule has 5 nitrogen and oxygen atoms in total. The average molecular weight is 468 g/mol. The fourth-order valence-electron chi connectivity index (χ4n) is 3.64. The molecule has 0 aliphatic carbocycles. The molecule has 1 aliphatic rings. The second-order valence-corrected chi connectivity index (χ2v) is 6.88. The van der Waals surface area contributed by atoms with E-state index < -0.39 is 0 Å². The highest BCUT2D eigenvalue weighted by Crippen LogP contribution is 2.32. The van der Waals surface area contributed by atoms with Crippen LogP contribution in [0.4, 0.5) is 0 Å². The first kappa shape index (κ1) is 20.7. The van der Waals surface area contributed by atoms with Gasteiger partial charge in [0.15, 0.2) is 5.96 Å². The van der Waals surface area contributed by atoms with Crippen LogP contribution in [-0.4, -0.2) is 36.0 Å². The Morgan fingerprint density at radius 3 is 2.62 bits per heavy atom. The van der Waals surface area contributed by atoms with Crippen molar-refractivity contribution in [2.45, 2.75) is 39.7 Å². The average Bonchev–Trinajstić information content (AvgIpc) is 2.94. The van der Waals surface area contributed by atoms with Gasteiger partial charge in [0, 0.05) is 20.1 Å². The zero-order valence-corrected chi connectivity index (χ0v) is 18.4. The number of hydrogen-bond donors (Lipinski definition) is 1. The molecule has 26 heavy (non-hydrogen) atoms. The summed E-state index contributed by atoms with van der Waals surface area (Å²) in [5, 5.41) is 3.39. The summed E-state index contributed by atoms with van der Waals surface area (Å²) in [7, 11) is 1.84. The lowest BCUT2D eigenvalue weighted by Crippen LogP contribution is -2.47. The molecule has 2 aromatic rings. The molecule has 6 heteroatoms. The van der Waals surface area contributed by atoms with E-state index >= 15 is 0 Å². The third kappa shape index (κ3) is 4.78. The lowest BCUT2D eigenvalue weighted by atomic mass is 9.82. The number of piperidine rings is 1. The first-order valence-electron chi connectivity index (χ1n) is 9.02. The van der Waals surface area contributed by atoms with Gasteiger partial charge in [-0.05, 0) is 37.7 Å². The van der Waals surface area contributed by atoms with Gasteiger partial charge in [0.1, 0.15) is 5.76 Å². The molecule has 1 N–H and O–H groups in total. The summed E-state index contributed by atoms with van der Waals surface area (Å²) in [6.07, 6.45) is 1.14. The summed E-state index contributed by atoms with van der Waals surface area (Å²) >= 11 is 0. The molecule has 0 bridgehead atoms. The van der Waals surface area contributed by atoms with Crippen LogP contribution in [-0.2, 0) is 6.54 Å². The fraction of sp³-hybridized carbons (Fsp3) is 0.500. The Labute approximate surface area is 173 Å². The summed E-state index contributed by atoms with van der Waals surface area (Å²) in [6, 6.07) is 10.8. The van der Waals surface area contributed by atoms with Crippen LogP contribution >= 0.6 is 24.0 Å². The van der Waals surface area contributed by atoms with Gasteiger partial charge in [-0.2, -0.15) is 0 Å². The van der Waals surface area contributed by atoms with Crippen molar-refractivity contribution in [3.63, 3.8) is 0 Å². The molecule has 1 aromatic heterocycles. The third-order valence-electron chi connectivity index (χ3n) is 5.11. The zero-order valence-electron chi connectivity index (χ0n) is 16.0. The lowest BCUT2D eigenvalue weighted by Gasteiger charge is -2.38. The molecule has 2 atom stereocenters. The molecule has 1 aliphatic heterocycles. The molecule has 1 saturated heterocycles. The van der Waals surface area contributed by atoms with Gasteiger partial charge in [-0.1, -0.05) is 37.3 Å². The van der Waals surface area contributed by atoms with Gasteiger partial charge in [0.2, 0.25) is 5.89 Å². The van der Waals surface area contributed by atoms with E-state index in [1.165, 1.54) is 5.56 Å². The molecule has 0 saturated carbocycles. The van der Waals surface area contributed by atoms with E-state index in [0.29, 0.717) is 24.3 Å². The van der Waals surface area contributed by atoms with E-state index in [1.807, 2.05) is 20.9 Å². The van der Waals surface area contributed by atoms with Gasteiger partial charge in [-0.25, -0.2) is 4.98 Å². The Morgan fingerprint density at radius 1 is 1.31 bits per heavy atom. The molecular formula is C20H29IN4O. The quantitative estimate of drug-likeness (QED) is 0.419. The van der Waals surface area contributed by atoms with Crippen LogP contribution in [0.15, 0.2) is 39.7 Å². The number of guanidine groups is 1. The summed E-state index contributed by atoms with van der Waals surface area (Å²) < 4.78 is 5.65. The number of aliphatic imine (C=N–C) groups is 1. The van der Waals surface area contributed by atoms with Gasteiger partial charge in [0.05, 0.1) is 12.2 Å². The Balaban J connectivity index is 0.00000243. The highest BCUT2D eigenvalue weighted by atomic mass is 127. The maximum absolute atomic E-state index is 5.65. The van der Waals surface area contributed by atoms with E-state index in [4.69, 9.17) is 4.42 Å². The molecular weight excluding hydrogens is 439 g/mol. The number of nitrogens with zero attached hydrogens (tertiary/aromatic N) is 3. The number of hydrogen-bond acceptors (Lipinski definition) is 3. The SMILES string of the molecule is CN=C(NCc1nc(C)c(C)o1)N1CCC(c2ccccc2)C(C)C1.I. The molecule has 0 radical (unpaired) electrons. The minimum Gasteiger partial charge on any atom is -0.444 e. The molecule has 2 heterocycles. The molecule has 0 amide bonds. The summed E-state index contributed by atoms with van der Waals surface area (Å²) in [5.74, 6) is 3.72. The van der Waals surface area contributed by atoms with Crippen LogP contribution in [0.3, 0.4) is 0 Å².